The molecule has 2 aliphatic carbocycles. The van der Waals surface area contributed by atoms with Gasteiger partial charge in [-0.05, 0) is 69.9 Å². The largest absolute Gasteiger partial charge is 0.303 e. The lowest BCUT2D eigenvalue weighted by molar-refractivity contribution is -0.0120. The van der Waals surface area contributed by atoms with Crippen molar-refractivity contribution in [2.45, 2.75) is 85.1 Å². The van der Waals surface area contributed by atoms with Crippen molar-refractivity contribution in [1.29, 1.82) is 0 Å². The molecule has 0 amide bonds. The average molecular weight is 253 g/mol. The average Bonchev–Trinajstić information content (AvgIpc) is 2.28. The lowest BCUT2D eigenvalue weighted by Crippen LogP contribution is -2.45. The molecule has 0 aromatic rings. The van der Waals surface area contributed by atoms with Crippen LogP contribution in [0.15, 0.2) is 0 Å². The maximum Gasteiger partial charge on any atom is 0.00926 e. The molecule has 0 aromatic carbocycles. The van der Waals surface area contributed by atoms with E-state index in [0.29, 0.717) is 0 Å². The summed E-state index contributed by atoms with van der Waals surface area (Å²) in [4.78, 5) is 2.61. The van der Waals surface area contributed by atoms with Gasteiger partial charge in [0, 0.05) is 6.04 Å². The van der Waals surface area contributed by atoms with Gasteiger partial charge in [-0.1, -0.05) is 34.1 Å². The van der Waals surface area contributed by atoms with E-state index in [1.165, 1.54) is 51.5 Å². The Balaban J connectivity index is 0.00000162. The number of hydrogen-bond donors (Lipinski definition) is 0. The summed E-state index contributed by atoms with van der Waals surface area (Å²) < 4.78 is 0. The predicted molar refractivity (Wildman–Crippen MR) is 82.0 cm³/mol. The first kappa shape index (κ1) is 16.0. The monoisotopic (exact) mass is 253 g/mol. The molecule has 0 N–H and O–H groups in total. The molecule has 2 fully saturated rings. The molecule has 0 heterocycles. The van der Waals surface area contributed by atoms with Crippen molar-refractivity contribution in [2.75, 3.05) is 13.6 Å². The fourth-order valence-electron chi connectivity index (χ4n) is 4.38. The van der Waals surface area contributed by atoms with E-state index in [1.54, 1.807) is 12.8 Å². The Hall–Kier alpha value is -0.0400. The zero-order chi connectivity index (χ0) is 12.3. The molecule has 0 aliphatic heterocycles. The van der Waals surface area contributed by atoms with Crippen molar-refractivity contribution in [3.63, 3.8) is 0 Å². The van der Waals surface area contributed by atoms with Crippen molar-refractivity contribution in [3.05, 3.63) is 0 Å². The molecular formula is C17H35N. The molecule has 0 saturated heterocycles. The second-order valence-electron chi connectivity index (χ2n) is 6.77. The minimum atomic E-state index is 0. The summed E-state index contributed by atoms with van der Waals surface area (Å²) in [5.41, 5.74) is 0.809. The van der Waals surface area contributed by atoms with Crippen LogP contribution in [0.3, 0.4) is 0 Å². The summed E-state index contributed by atoms with van der Waals surface area (Å²) in [5.74, 6) is 1.09. The lowest BCUT2D eigenvalue weighted by atomic mass is 9.54. The molecule has 2 rings (SSSR count). The van der Waals surface area contributed by atoms with E-state index in [4.69, 9.17) is 0 Å². The third-order valence-corrected chi connectivity index (χ3v) is 5.36. The molecule has 2 saturated carbocycles. The molecule has 18 heavy (non-hydrogen) atoms. The highest BCUT2D eigenvalue weighted by molar-refractivity contribution is 4.97. The van der Waals surface area contributed by atoms with Gasteiger partial charge in [0.05, 0.1) is 0 Å². The minimum absolute atomic E-state index is 0. The Morgan fingerprint density at radius 2 is 1.67 bits per heavy atom. The number of nitrogens with zero attached hydrogens (tertiary/aromatic N) is 1. The van der Waals surface area contributed by atoms with Crippen molar-refractivity contribution in [1.82, 2.24) is 4.90 Å². The quantitative estimate of drug-likeness (QED) is 0.658. The smallest absolute Gasteiger partial charge is 0.00926 e. The molecule has 0 unspecified atom stereocenters. The minimum Gasteiger partial charge on any atom is -0.303 e. The van der Waals surface area contributed by atoms with E-state index in [0.717, 1.165) is 17.4 Å². The Labute approximate surface area is 115 Å². The molecule has 1 nitrogen and oxygen atoms in total. The highest BCUT2D eigenvalue weighted by atomic mass is 15.1. The predicted octanol–water partition coefficient (Wildman–Crippen LogP) is 5.10. The summed E-state index contributed by atoms with van der Waals surface area (Å²) in [7, 11) is 2.33. The van der Waals surface area contributed by atoms with Crippen molar-refractivity contribution >= 4 is 0 Å². The van der Waals surface area contributed by atoms with E-state index >= 15 is 0 Å². The topological polar surface area (TPSA) is 3.24 Å². The highest BCUT2D eigenvalue weighted by Crippen LogP contribution is 2.56. The normalized spacial score (nSPS) is 35.3. The second-order valence-corrected chi connectivity index (χ2v) is 6.77. The molecule has 1 heteroatoms. The van der Waals surface area contributed by atoms with Gasteiger partial charge in [-0.2, -0.15) is 0 Å². The second kappa shape index (κ2) is 6.93. The van der Waals surface area contributed by atoms with Crippen molar-refractivity contribution in [2.24, 2.45) is 11.3 Å². The Bertz CT molecular complexity index is 220. The van der Waals surface area contributed by atoms with Crippen LogP contribution in [0.1, 0.15) is 79.1 Å². The van der Waals surface area contributed by atoms with Gasteiger partial charge in [-0.25, -0.2) is 0 Å². The van der Waals surface area contributed by atoms with Crippen LogP contribution >= 0.6 is 0 Å². The molecule has 108 valence electrons. The highest BCUT2D eigenvalue weighted by Gasteiger charge is 2.45. The molecule has 0 radical (unpaired) electrons. The third kappa shape index (κ3) is 3.50. The first-order valence-electron chi connectivity index (χ1n) is 7.89. The molecular weight excluding hydrogens is 218 g/mol. The molecule has 1 spiro atoms. The maximum atomic E-state index is 2.61. The first-order valence-corrected chi connectivity index (χ1v) is 7.89. The van der Waals surface area contributed by atoms with Gasteiger partial charge in [-0.15, -0.1) is 0 Å². The van der Waals surface area contributed by atoms with E-state index in [-0.39, 0.29) is 7.43 Å². The van der Waals surface area contributed by atoms with E-state index in [1.807, 2.05) is 0 Å². The van der Waals surface area contributed by atoms with E-state index < -0.39 is 0 Å². The third-order valence-electron chi connectivity index (χ3n) is 5.36. The molecule has 0 aromatic heterocycles. The van der Waals surface area contributed by atoms with Crippen LogP contribution in [-0.2, 0) is 0 Å². The fraction of sp³-hybridized carbons (Fsp3) is 1.00. The SMILES string of the molecule is C.CCCC1CC2(CCC(N(C)CCC)CC2)C1. The summed E-state index contributed by atoms with van der Waals surface area (Å²) in [5, 5.41) is 0. The maximum absolute atomic E-state index is 2.61. The van der Waals surface area contributed by atoms with Gasteiger partial charge < -0.3 is 4.90 Å². The van der Waals surface area contributed by atoms with Gasteiger partial charge in [0.2, 0.25) is 0 Å². The van der Waals surface area contributed by atoms with Gasteiger partial charge in [0.15, 0.2) is 0 Å². The Kier molecular flexibility index (Phi) is 6.17. The van der Waals surface area contributed by atoms with Gasteiger partial charge in [0.25, 0.3) is 0 Å². The first-order chi connectivity index (χ1) is 8.19. The molecule has 0 atom stereocenters. The zero-order valence-electron chi connectivity index (χ0n) is 12.2. The van der Waals surface area contributed by atoms with Gasteiger partial charge in [0.1, 0.15) is 0 Å². The number of hydrogen-bond acceptors (Lipinski definition) is 1. The van der Waals surface area contributed by atoms with Crippen LogP contribution in [0.5, 0.6) is 0 Å². The summed E-state index contributed by atoms with van der Waals surface area (Å²) >= 11 is 0. The summed E-state index contributed by atoms with van der Waals surface area (Å²) in [6.45, 7) is 5.92. The van der Waals surface area contributed by atoms with Crippen molar-refractivity contribution < 1.29 is 0 Å². The van der Waals surface area contributed by atoms with Crippen LogP contribution in [0.4, 0.5) is 0 Å². The van der Waals surface area contributed by atoms with Crippen molar-refractivity contribution in [3.8, 4) is 0 Å². The summed E-state index contributed by atoms with van der Waals surface area (Å²) in [6.07, 6.45) is 13.3. The Morgan fingerprint density at radius 1 is 1.06 bits per heavy atom. The van der Waals surface area contributed by atoms with Crippen LogP contribution in [0.25, 0.3) is 0 Å². The van der Waals surface area contributed by atoms with E-state index in [2.05, 4.69) is 25.8 Å². The van der Waals surface area contributed by atoms with E-state index in [9.17, 15) is 0 Å². The number of rotatable bonds is 5. The van der Waals surface area contributed by atoms with Gasteiger partial charge >= 0.3 is 0 Å². The van der Waals surface area contributed by atoms with Gasteiger partial charge in [-0.3, -0.25) is 0 Å². The zero-order valence-corrected chi connectivity index (χ0v) is 12.2. The van der Waals surface area contributed by atoms with Crippen LogP contribution in [0, 0.1) is 11.3 Å². The molecule has 0 bridgehead atoms. The lowest BCUT2D eigenvalue weighted by Gasteiger charge is -2.53. The summed E-state index contributed by atoms with van der Waals surface area (Å²) in [6, 6.07) is 0.894. The fourth-order valence-corrected chi connectivity index (χ4v) is 4.38. The Morgan fingerprint density at radius 3 is 2.17 bits per heavy atom. The van der Waals surface area contributed by atoms with Crippen LogP contribution in [0.2, 0.25) is 0 Å². The molecule has 2 aliphatic rings. The standard InChI is InChI=1S/C16H31N.CH4/c1-4-6-14-12-16(13-14)9-7-15(8-10-16)17(3)11-5-2;/h14-15H,4-13H2,1-3H3;1H4. The van der Waals surface area contributed by atoms with Crippen LogP contribution < -0.4 is 0 Å². The van der Waals surface area contributed by atoms with Crippen LogP contribution in [-0.4, -0.2) is 24.5 Å².